The standard InChI is InChI=1S/C18H15Cl2N3O2S2/c1-10(13-5-4-11(19)7-14(13)20)21-16(24)8-12-9-27-18(22-12)23-17(25)15-3-2-6-26-15/h2-7,9-10H,8H2,1H3,(H,21,24)(H,22,23,25)/t10-/m0/s1. The van der Waals surface area contributed by atoms with Crippen molar-refractivity contribution in [1.82, 2.24) is 10.3 Å². The third-order valence-electron chi connectivity index (χ3n) is 3.67. The number of rotatable bonds is 6. The van der Waals surface area contributed by atoms with Gasteiger partial charge in [0.1, 0.15) is 0 Å². The van der Waals surface area contributed by atoms with E-state index >= 15 is 0 Å². The quantitative estimate of drug-likeness (QED) is 0.555. The molecule has 2 aromatic heterocycles. The summed E-state index contributed by atoms with van der Waals surface area (Å²) in [6.07, 6.45) is 0.112. The molecule has 0 saturated heterocycles. The zero-order valence-corrected chi connectivity index (χ0v) is 17.3. The second-order valence-corrected chi connectivity index (χ2v) is 8.36. The van der Waals surface area contributed by atoms with Crippen LogP contribution in [0.1, 0.15) is 33.9 Å². The Balaban J connectivity index is 1.56. The van der Waals surface area contributed by atoms with E-state index in [1.165, 1.54) is 22.7 Å². The van der Waals surface area contributed by atoms with E-state index in [2.05, 4.69) is 15.6 Å². The number of nitrogens with zero attached hydrogens (tertiary/aromatic N) is 1. The summed E-state index contributed by atoms with van der Waals surface area (Å²) in [4.78, 5) is 29.2. The number of benzene rings is 1. The molecule has 27 heavy (non-hydrogen) atoms. The van der Waals surface area contributed by atoms with E-state index in [9.17, 15) is 9.59 Å². The molecular formula is C18H15Cl2N3O2S2. The smallest absolute Gasteiger partial charge is 0.267 e. The van der Waals surface area contributed by atoms with Gasteiger partial charge in [0, 0.05) is 15.4 Å². The molecule has 0 bridgehead atoms. The minimum atomic E-state index is -0.265. The molecule has 5 nitrogen and oxygen atoms in total. The van der Waals surface area contributed by atoms with Crippen LogP contribution in [0.15, 0.2) is 41.1 Å². The second-order valence-electron chi connectivity index (χ2n) is 5.71. The van der Waals surface area contributed by atoms with Crippen molar-refractivity contribution in [2.45, 2.75) is 19.4 Å². The largest absolute Gasteiger partial charge is 0.349 e. The number of carbonyl (C=O) groups is 2. The van der Waals surface area contributed by atoms with Crippen LogP contribution >= 0.6 is 45.9 Å². The predicted molar refractivity (Wildman–Crippen MR) is 111 cm³/mol. The lowest BCUT2D eigenvalue weighted by Gasteiger charge is -2.15. The van der Waals surface area contributed by atoms with Crippen LogP contribution in [0.5, 0.6) is 0 Å². The first-order valence-electron chi connectivity index (χ1n) is 7.96. The van der Waals surface area contributed by atoms with Crippen LogP contribution in [0.25, 0.3) is 0 Å². The van der Waals surface area contributed by atoms with Gasteiger partial charge in [0.15, 0.2) is 5.13 Å². The van der Waals surface area contributed by atoms with Gasteiger partial charge in [-0.1, -0.05) is 35.3 Å². The Morgan fingerprint density at radius 2 is 2.04 bits per heavy atom. The fourth-order valence-corrected chi connectivity index (χ4v) is 4.30. The van der Waals surface area contributed by atoms with Gasteiger partial charge in [0.2, 0.25) is 5.91 Å². The van der Waals surface area contributed by atoms with Crippen molar-refractivity contribution >= 4 is 62.8 Å². The minimum Gasteiger partial charge on any atom is -0.349 e. The number of aromatic nitrogens is 1. The maximum atomic E-state index is 12.3. The van der Waals surface area contributed by atoms with E-state index in [-0.39, 0.29) is 24.3 Å². The third-order valence-corrected chi connectivity index (χ3v) is 5.90. The molecule has 0 radical (unpaired) electrons. The van der Waals surface area contributed by atoms with Crippen LogP contribution in [-0.4, -0.2) is 16.8 Å². The Bertz CT molecular complexity index is 957. The Hall–Kier alpha value is -1.93. The molecule has 0 aliphatic heterocycles. The average molecular weight is 440 g/mol. The van der Waals surface area contributed by atoms with Crippen LogP contribution in [0.4, 0.5) is 5.13 Å². The fraction of sp³-hybridized carbons (Fsp3) is 0.167. The van der Waals surface area contributed by atoms with Crippen molar-refractivity contribution in [1.29, 1.82) is 0 Å². The SMILES string of the molecule is C[C@H](NC(=O)Cc1csc(NC(=O)c2cccs2)n1)c1ccc(Cl)cc1Cl. The summed E-state index contributed by atoms with van der Waals surface area (Å²) in [7, 11) is 0. The topological polar surface area (TPSA) is 71.1 Å². The number of hydrogen-bond donors (Lipinski definition) is 2. The molecule has 9 heteroatoms. The predicted octanol–water partition coefficient (Wildman–Crippen LogP) is 5.18. The highest BCUT2D eigenvalue weighted by atomic mass is 35.5. The molecule has 1 atom stereocenters. The zero-order valence-electron chi connectivity index (χ0n) is 14.2. The molecule has 2 heterocycles. The van der Waals surface area contributed by atoms with E-state index in [1.54, 1.807) is 29.6 Å². The fourth-order valence-electron chi connectivity index (χ4n) is 2.40. The summed E-state index contributed by atoms with van der Waals surface area (Å²) in [6.45, 7) is 1.85. The molecule has 0 saturated carbocycles. The Kier molecular flexibility index (Phi) is 6.49. The van der Waals surface area contributed by atoms with E-state index in [0.717, 1.165) is 5.56 Å². The number of thiophene rings is 1. The van der Waals surface area contributed by atoms with Gasteiger partial charge in [-0.05, 0) is 36.1 Å². The summed E-state index contributed by atoms with van der Waals surface area (Å²) in [6, 6.07) is 8.45. The van der Waals surface area contributed by atoms with Crippen molar-refractivity contribution in [3.8, 4) is 0 Å². The minimum absolute atomic E-state index is 0.112. The van der Waals surface area contributed by atoms with E-state index in [0.29, 0.717) is 25.7 Å². The number of thiazole rings is 1. The van der Waals surface area contributed by atoms with Crippen molar-refractivity contribution < 1.29 is 9.59 Å². The van der Waals surface area contributed by atoms with Gasteiger partial charge in [0.05, 0.1) is 23.0 Å². The average Bonchev–Trinajstić information content (AvgIpc) is 3.26. The highest BCUT2D eigenvalue weighted by Crippen LogP contribution is 2.26. The number of nitrogens with one attached hydrogen (secondary N) is 2. The highest BCUT2D eigenvalue weighted by molar-refractivity contribution is 7.14. The van der Waals surface area contributed by atoms with Gasteiger partial charge in [-0.25, -0.2) is 4.98 Å². The molecule has 1 aromatic carbocycles. The summed E-state index contributed by atoms with van der Waals surface area (Å²) in [5, 5.41) is 10.7. The molecule has 0 aliphatic rings. The summed E-state index contributed by atoms with van der Waals surface area (Å²) < 4.78 is 0. The number of anilines is 1. The number of hydrogen-bond acceptors (Lipinski definition) is 5. The first kappa shape index (κ1) is 19.8. The van der Waals surface area contributed by atoms with E-state index in [4.69, 9.17) is 23.2 Å². The van der Waals surface area contributed by atoms with Crippen molar-refractivity contribution in [3.05, 3.63) is 67.3 Å². The first-order chi connectivity index (χ1) is 12.9. The zero-order chi connectivity index (χ0) is 19.4. The van der Waals surface area contributed by atoms with E-state index < -0.39 is 0 Å². The van der Waals surface area contributed by atoms with Crippen LogP contribution in [-0.2, 0) is 11.2 Å². The van der Waals surface area contributed by atoms with Crippen LogP contribution in [0.3, 0.4) is 0 Å². The molecule has 2 N–H and O–H groups in total. The van der Waals surface area contributed by atoms with Gasteiger partial charge in [-0.15, -0.1) is 22.7 Å². The summed E-state index contributed by atoms with van der Waals surface area (Å²) in [5.74, 6) is -0.392. The van der Waals surface area contributed by atoms with Gasteiger partial charge in [-0.2, -0.15) is 0 Å². The van der Waals surface area contributed by atoms with Crippen molar-refractivity contribution in [2.75, 3.05) is 5.32 Å². The van der Waals surface area contributed by atoms with Gasteiger partial charge in [0.25, 0.3) is 5.91 Å². The molecule has 0 spiro atoms. The molecule has 2 amide bonds. The molecule has 3 rings (SSSR count). The lowest BCUT2D eigenvalue weighted by atomic mass is 10.1. The lowest BCUT2D eigenvalue weighted by molar-refractivity contribution is -0.121. The van der Waals surface area contributed by atoms with Gasteiger partial charge < -0.3 is 5.32 Å². The summed E-state index contributed by atoms with van der Waals surface area (Å²) >= 11 is 14.7. The summed E-state index contributed by atoms with van der Waals surface area (Å²) in [5.41, 5.74) is 1.38. The molecule has 3 aromatic rings. The Labute approximate surface area is 174 Å². The monoisotopic (exact) mass is 439 g/mol. The van der Waals surface area contributed by atoms with Gasteiger partial charge >= 0.3 is 0 Å². The first-order valence-corrected chi connectivity index (χ1v) is 10.5. The molecule has 0 aliphatic carbocycles. The number of halogens is 2. The van der Waals surface area contributed by atoms with Crippen molar-refractivity contribution in [3.63, 3.8) is 0 Å². The van der Waals surface area contributed by atoms with Crippen molar-refractivity contribution in [2.24, 2.45) is 0 Å². The third kappa shape index (κ3) is 5.29. The lowest BCUT2D eigenvalue weighted by Crippen LogP contribution is -2.28. The van der Waals surface area contributed by atoms with Gasteiger partial charge in [-0.3, -0.25) is 14.9 Å². The van der Waals surface area contributed by atoms with Crippen LogP contribution in [0.2, 0.25) is 10.0 Å². The Morgan fingerprint density at radius 1 is 1.22 bits per heavy atom. The van der Waals surface area contributed by atoms with E-state index in [1.807, 2.05) is 18.4 Å². The number of amides is 2. The molecule has 0 unspecified atom stereocenters. The highest BCUT2D eigenvalue weighted by Gasteiger charge is 2.15. The van der Waals surface area contributed by atoms with Crippen LogP contribution in [0, 0.1) is 0 Å². The molecule has 140 valence electrons. The second kappa shape index (κ2) is 8.84. The normalized spacial score (nSPS) is 11.8. The maximum absolute atomic E-state index is 12.3. The Morgan fingerprint density at radius 3 is 2.74 bits per heavy atom. The number of carbonyl (C=O) groups excluding carboxylic acids is 2. The maximum Gasteiger partial charge on any atom is 0.267 e. The van der Waals surface area contributed by atoms with Crippen LogP contribution < -0.4 is 10.6 Å². The molecular weight excluding hydrogens is 425 g/mol. The molecule has 0 fully saturated rings.